The van der Waals surface area contributed by atoms with E-state index in [1.54, 1.807) is 11.3 Å². The molecule has 0 radical (unpaired) electrons. The van der Waals surface area contributed by atoms with Gasteiger partial charge in [0.2, 0.25) is 0 Å². The molecule has 0 saturated heterocycles. The van der Waals surface area contributed by atoms with Gasteiger partial charge in [0.15, 0.2) is 0 Å². The van der Waals surface area contributed by atoms with E-state index in [1.807, 2.05) is 0 Å². The zero-order valence-corrected chi connectivity index (χ0v) is 7.10. The Morgan fingerprint density at radius 3 is 2.91 bits per heavy atom. The minimum atomic E-state index is 0.436. The first-order chi connectivity index (χ1) is 5.34. The molecular weight excluding hydrogens is 156 g/mol. The van der Waals surface area contributed by atoms with Crippen molar-refractivity contribution in [3.8, 4) is 0 Å². The monoisotopic (exact) mass is 168 g/mol. The molecule has 1 aliphatic rings. The molecule has 1 saturated carbocycles. The third kappa shape index (κ3) is 1.54. The lowest BCUT2D eigenvalue weighted by molar-refractivity contribution is 0.374. The number of anilines is 1. The molecule has 60 valence electrons. The van der Waals surface area contributed by atoms with Crippen molar-refractivity contribution < 1.29 is 0 Å². The van der Waals surface area contributed by atoms with E-state index in [1.165, 1.54) is 5.69 Å². The predicted molar refractivity (Wildman–Crippen MR) is 48.9 cm³/mol. The zero-order valence-electron chi connectivity index (χ0n) is 6.29. The maximum absolute atomic E-state index is 5.66. The van der Waals surface area contributed by atoms with Crippen LogP contribution in [0.15, 0.2) is 16.8 Å². The van der Waals surface area contributed by atoms with Crippen LogP contribution in [0.3, 0.4) is 0 Å². The second kappa shape index (κ2) is 2.83. The molecule has 0 bridgehead atoms. The van der Waals surface area contributed by atoms with Crippen LogP contribution in [0.5, 0.6) is 0 Å². The van der Waals surface area contributed by atoms with Gasteiger partial charge in [-0.3, -0.25) is 0 Å². The third-order valence-corrected chi connectivity index (χ3v) is 2.75. The quantitative estimate of drug-likeness (QED) is 0.704. The van der Waals surface area contributed by atoms with Gasteiger partial charge in [-0.2, -0.15) is 11.3 Å². The molecule has 11 heavy (non-hydrogen) atoms. The van der Waals surface area contributed by atoms with E-state index in [0.29, 0.717) is 12.1 Å². The molecule has 0 atom stereocenters. The average Bonchev–Trinajstić information content (AvgIpc) is 2.36. The highest BCUT2D eigenvalue weighted by Gasteiger charge is 2.25. The van der Waals surface area contributed by atoms with E-state index in [9.17, 15) is 0 Å². The Morgan fingerprint density at radius 1 is 1.55 bits per heavy atom. The number of rotatable bonds is 2. The van der Waals surface area contributed by atoms with Crippen LogP contribution in [-0.4, -0.2) is 12.1 Å². The molecule has 1 heterocycles. The summed E-state index contributed by atoms with van der Waals surface area (Å²) in [4.78, 5) is 0. The Kier molecular flexibility index (Phi) is 1.84. The van der Waals surface area contributed by atoms with E-state index in [4.69, 9.17) is 5.73 Å². The van der Waals surface area contributed by atoms with Crippen molar-refractivity contribution in [3.05, 3.63) is 16.8 Å². The summed E-state index contributed by atoms with van der Waals surface area (Å²) in [6.07, 6.45) is 2.24. The molecular formula is C8H12N2S. The van der Waals surface area contributed by atoms with Gasteiger partial charge in [0.25, 0.3) is 0 Å². The number of nitrogens with two attached hydrogens (primary N) is 1. The van der Waals surface area contributed by atoms with Crippen LogP contribution in [0, 0.1) is 0 Å². The maximum atomic E-state index is 5.66. The van der Waals surface area contributed by atoms with Crippen molar-refractivity contribution in [1.29, 1.82) is 0 Å². The summed E-state index contributed by atoms with van der Waals surface area (Å²) in [5.74, 6) is 0. The van der Waals surface area contributed by atoms with E-state index >= 15 is 0 Å². The smallest absolute Gasteiger partial charge is 0.0450 e. The highest BCUT2D eigenvalue weighted by atomic mass is 32.1. The largest absolute Gasteiger partial charge is 0.382 e. The molecule has 1 aliphatic carbocycles. The van der Waals surface area contributed by atoms with Crippen LogP contribution in [0.2, 0.25) is 0 Å². The van der Waals surface area contributed by atoms with Crippen molar-refractivity contribution in [2.75, 3.05) is 5.32 Å². The van der Waals surface area contributed by atoms with E-state index in [2.05, 4.69) is 22.1 Å². The van der Waals surface area contributed by atoms with E-state index in [-0.39, 0.29) is 0 Å². The van der Waals surface area contributed by atoms with Gasteiger partial charge in [-0.1, -0.05) is 0 Å². The first kappa shape index (κ1) is 7.13. The SMILES string of the molecule is NC1CC(Nc2ccsc2)C1. The summed E-state index contributed by atoms with van der Waals surface area (Å²) in [6.45, 7) is 0. The Bertz CT molecular complexity index is 214. The lowest BCUT2D eigenvalue weighted by Gasteiger charge is -2.33. The standard InChI is InChI=1S/C8H12N2S/c9-6-3-8(4-6)10-7-1-2-11-5-7/h1-2,5-6,8,10H,3-4,9H2. The van der Waals surface area contributed by atoms with E-state index < -0.39 is 0 Å². The Labute approximate surface area is 70.4 Å². The summed E-state index contributed by atoms with van der Waals surface area (Å²) in [6, 6.07) is 3.17. The molecule has 0 aliphatic heterocycles. The normalized spacial score (nSPS) is 29.5. The second-order valence-corrected chi connectivity index (χ2v) is 3.86. The van der Waals surface area contributed by atoms with Crippen molar-refractivity contribution in [3.63, 3.8) is 0 Å². The van der Waals surface area contributed by atoms with Crippen molar-refractivity contribution >= 4 is 17.0 Å². The minimum absolute atomic E-state index is 0.436. The first-order valence-corrected chi connectivity index (χ1v) is 4.83. The molecule has 0 aromatic carbocycles. The average molecular weight is 168 g/mol. The molecule has 0 spiro atoms. The van der Waals surface area contributed by atoms with Gasteiger partial charge < -0.3 is 11.1 Å². The highest BCUT2D eigenvalue weighted by molar-refractivity contribution is 7.08. The van der Waals surface area contributed by atoms with Crippen LogP contribution in [-0.2, 0) is 0 Å². The lowest BCUT2D eigenvalue weighted by Crippen LogP contribution is -2.44. The Morgan fingerprint density at radius 2 is 2.36 bits per heavy atom. The van der Waals surface area contributed by atoms with Gasteiger partial charge >= 0.3 is 0 Å². The van der Waals surface area contributed by atoms with Gasteiger partial charge in [0.1, 0.15) is 0 Å². The summed E-state index contributed by atoms with van der Waals surface area (Å²) < 4.78 is 0. The molecule has 2 rings (SSSR count). The fourth-order valence-electron chi connectivity index (χ4n) is 1.36. The molecule has 2 nitrogen and oxygen atoms in total. The molecule has 3 N–H and O–H groups in total. The van der Waals surface area contributed by atoms with Crippen molar-refractivity contribution in [2.24, 2.45) is 5.73 Å². The van der Waals surface area contributed by atoms with Crippen LogP contribution in [0.1, 0.15) is 12.8 Å². The molecule has 0 unspecified atom stereocenters. The summed E-state index contributed by atoms with van der Waals surface area (Å²) in [5, 5.41) is 7.63. The van der Waals surface area contributed by atoms with Gasteiger partial charge in [0, 0.05) is 23.2 Å². The van der Waals surface area contributed by atoms with Crippen LogP contribution in [0.25, 0.3) is 0 Å². The summed E-state index contributed by atoms with van der Waals surface area (Å²) >= 11 is 1.72. The second-order valence-electron chi connectivity index (χ2n) is 3.08. The van der Waals surface area contributed by atoms with Gasteiger partial charge in [0.05, 0.1) is 0 Å². The topological polar surface area (TPSA) is 38.0 Å². The fourth-order valence-corrected chi connectivity index (χ4v) is 1.96. The van der Waals surface area contributed by atoms with Crippen molar-refractivity contribution in [2.45, 2.75) is 24.9 Å². The number of hydrogen-bond donors (Lipinski definition) is 2. The summed E-state index contributed by atoms with van der Waals surface area (Å²) in [7, 11) is 0. The number of thiophene rings is 1. The minimum Gasteiger partial charge on any atom is -0.382 e. The maximum Gasteiger partial charge on any atom is 0.0450 e. The van der Waals surface area contributed by atoms with Crippen LogP contribution >= 0.6 is 11.3 Å². The molecule has 3 heteroatoms. The molecule has 1 aromatic heterocycles. The third-order valence-electron chi connectivity index (χ3n) is 2.07. The summed E-state index contributed by atoms with van der Waals surface area (Å²) in [5.41, 5.74) is 6.90. The van der Waals surface area contributed by atoms with Gasteiger partial charge in [-0.25, -0.2) is 0 Å². The van der Waals surface area contributed by atoms with Crippen LogP contribution < -0.4 is 11.1 Å². The lowest BCUT2D eigenvalue weighted by atomic mass is 9.87. The molecule has 0 amide bonds. The number of nitrogens with one attached hydrogen (secondary N) is 1. The fraction of sp³-hybridized carbons (Fsp3) is 0.500. The van der Waals surface area contributed by atoms with Gasteiger partial charge in [-0.15, -0.1) is 0 Å². The first-order valence-electron chi connectivity index (χ1n) is 3.89. The van der Waals surface area contributed by atoms with Gasteiger partial charge in [-0.05, 0) is 24.3 Å². The van der Waals surface area contributed by atoms with E-state index in [0.717, 1.165) is 12.8 Å². The number of hydrogen-bond acceptors (Lipinski definition) is 3. The zero-order chi connectivity index (χ0) is 7.68. The Balaban J connectivity index is 1.84. The highest BCUT2D eigenvalue weighted by Crippen LogP contribution is 2.23. The molecule has 1 aromatic rings. The predicted octanol–water partition coefficient (Wildman–Crippen LogP) is 1.65. The Hall–Kier alpha value is -0.540. The van der Waals surface area contributed by atoms with Crippen molar-refractivity contribution in [1.82, 2.24) is 0 Å². The molecule has 1 fully saturated rings. The van der Waals surface area contributed by atoms with Crippen LogP contribution in [0.4, 0.5) is 5.69 Å².